The van der Waals surface area contributed by atoms with Crippen molar-refractivity contribution in [3.63, 3.8) is 0 Å². The van der Waals surface area contributed by atoms with Crippen LogP contribution in [0.25, 0.3) is 0 Å². The predicted octanol–water partition coefficient (Wildman–Crippen LogP) is 4.39. The lowest BCUT2D eigenvalue weighted by Crippen LogP contribution is -2.46. The van der Waals surface area contributed by atoms with Crippen molar-refractivity contribution >= 4 is 10.1 Å². The van der Waals surface area contributed by atoms with Crippen LogP contribution in [0.1, 0.15) is 84.0 Å². The van der Waals surface area contributed by atoms with Crippen molar-refractivity contribution in [3.8, 4) is 0 Å². The number of quaternary nitrogens is 2. The van der Waals surface area contributed by atoms with Crippen molar-refractivity contribution in [2.24, 2.45) is 0 Å². The maximum atomic E-state index is 10.7. The number of nitrogens with zero attached hydrogens (tertiary/aromatic N) is 2. The van der Waals surface area contributed by atoms with Gasteiger partial charge in [-0.25, -0.2) is 8.42 Å². The van der Waals surface area contributed by atoms with E-state index in [0.717, 1.165) is 35.0 Å². The van der Waals surface area contributed by atoms with Gasteiger partial charge in [0, 0.05) is 18.6 Å². The van der Waals surface area contributed by atoms with Gasteiger partial charge in [0.15, 0.2) is 0 Å². The molecule has 0 fully saturated rings. The van der Waals surface area contributed by atoms with Crippen molar-refractivity contribution in [1.82, 2.24) is 0 Å². The van der Waals surface area contributed by atoms with Crippen molar-refractivity contribution < 1.29 is 21.9 Å². The highest BCUT2D eigenvalue weighted by Crippen LogP contribution is 2.12. The summed E-state index contributed by atoms with van der Waals surface area (Å²) in [5, 5.41) is 0. The molecule has 0 heterocycles. The van der Waals surface area contributed by atoms with E-state index in [2.05, 4.69) is 35.1 Å². The highest BCUT2D eigenvalue weighted by atomic mass is 32.2. The molecule has 0 aliphatic heterocycles. The summed E-state index contributed by atoms with van der Waals surface area (Å²) < 4.78 is 34.0. The molecule has 0 saturated carbocycles. The SMILES string of the molecule is CCCCCCCCCCCC[N+](C)(C)CCC[N+](C)(C)CCCS(=O)(=O)[O-]. The van der Waals surface area contributed by atoms with Gasteiger partial charge in [0.25, 0.3) is 0 Å². The molecule has 0 spiro atoms. The topological polar surface area (TPSA) is 57.2 Å². The fourth-order valence-electron chi connectivity index (χ4n) is 3.85. The Bertz CT molecular complexity index is 476. The Morgan fingerprint density at radius 3 is 1.36 bits per heavy atom. The Hall–Kier alpha value is -0.170. The lowest BCUT2D eigenvalue weighted by molar-refractivity contribution is -0.909. The van der Waals surface area contributed by atoms with Crippen molar-refractivity contribution in [2.45, 2.75) is 84.0 Å². The number of rotatable bonds is 19. The zero-order valence-electron chi connectivity index (χ0n) is 19.5. The molecule has 0 amide bonds. The van der Waals surface area contributed by atoms with E-state index in [1.165, 1.54) is 70.8 Å². The van der Waals surface area contributed by atoms with E-state index < -0.39 is 10.1 Å². The summed E-state index contributed by atoms with van der Waals surface area (Å²) in [5.41, 5.74) is 0. The monoisotopic (exact) mass is 421 g/mol. The van der Waals surface area contributed by atoms with Gasteiger partial charge in [0.1, 0.15) is 0 Å². The third-order valence-corrected chi connectivity index (χ3v) is 6.59. The molecule has 170 valence electrons. The summed E-state index contributed by atoms with van der Waals surface area (Å²) in [6.45, 7) is 6.43. The highest BCUT2D eigenvalue weighted by Gasteiger charge is 2.19. The van der Waals surface area contributed by atoms with E-state index in [0.29, 0.717) is 6.42 Å². The summed E-state index contributed by atoms with van der Waals surface area (Å²) in [5.74, 6) is -0.241. The number of hydrogen-bond donors (Lipinski definition) is 0. The van der Waals surface area contributed by atoms with Crippen LogP contribution in [-0.2, 0) is 10.1 Å². The van der Waals surface area contributed by atoms with Gasteiger partial charge in [0.2, 0.25) is 0 Å². The van der Waals surface area contributed by atoms with E-state index in [4.69, 9.17) is 0 Å². The van der Waals surface area contributed by atoms with E-state index in [1.807, 2.05) is 0 Å². The molecule has 0 atom stereocenters. The van der Waals surface area contributed by atoms with E-state index in [1.54, 1.807) is 0 Å². The lowest BCUT2D eigenvalue weighted by Gasteiger charge is -2.33. The van der Waals surface area contributed by atoms with E-state index >= 15 is 0 Å². The quantitative estimate of drug-likeness (QED) is 0.177. The van der Waals surface area contributed by atoms with E-state index in [9.17, 15) is 13.0 Å². The average molecular weight is 422 g/mol. The molecule has 28 heavy (non-hydrogen) atoms. The normalized spacial score (nSPS) is 13.2. The van der Waals surface area contributed by atoms with Gasteiger partial charge < -0.3 is 13.5 Å². The predicted molar refractivity (Wildman–Crippen MR) is 119 cm³/mol. The Morgan fingerprint density at radius 2 is 0.929 bits per heavy atom. The minimum Gasteiger partial charge on any atom is -0.748 e. The van der Waals surface area contributed by atoms with Gasteiger partial charge in [0.05, 0.1) is 64.5 Å². The molecular weight excluding hydrogens is 372 g/mol. The second-order valence-corrected chi connectivity index (χ2v) is 11.4. The molecule has 0 aliphatic carbocycles. The van der Waals surface area contributed by atoms with Crippen LogP contribution in [0, 0.1) is 0 Å². The maximum Gasteiger partial charge on any atom is 0.0948 e. The molecule has 0 bridgehead atoms. The first-order valence-electron chi connectivity index (χ1n) is 11.5. The van der Waals surface area contributed by atoms with Crippen LogP contribution in [0.5, 0.6) is 0 Å². The summed E-state index contributed by atoms with van der Waals surface area (Å²) in [4.78, 5) is 0. The molecule has 0 N–H and O–H groups in total. The van der Waals surface area contributed by atoms with Crippen molar-refractivity contribution in [1.29, 1.82) is 0 Å². The van der Waals surface area contributed by atoms with Crippen LogP contribution in [0.4, 0.5) is 0 Å². The number of unbranched alkanes of at least 4 members (excludes halogenated alkanes) is 9. The molecule has 0 aromatic rings. The van der Waals surface area contributed by atoms with E-state index in [-0.39, 0.29) is 5.75 Å². The van der Waals surface area contributed by atoms with Crippen LogP contribution < -0.4 is 0 Å². The first-order chi connectivity index (χ1) is 13.0. The summed E-state index contributed by atoms with van der Waals surface area (Å²) >= 11 is 0. The van der Waals surface area contributed by atoms with Gasteiger partial charge in [-0.2, -0.15) is 0 Å². The van der Waals surface area contributed by atoms with Crippen LogP contribution in [0.15, 0.2) is 0 Å². The fraction of sp³-hybridized carbons (Fsp3) is 1.00. The molecular formula is C22H49N2O3S+. The maximum absolute atomic E-state index is 10.7. The molecule has 0 radical (unpaired) electrons. The van der Waals surface area contributed by atoms with Crippen molar-refractivity contribution in [3.05, 3.63) is 0 Å². The van der Waals surface area contributed by atoms with Gasteiger partial charge in [-0.15, -0.1) is 0 Å². The Morgan fingerprint density at radius 1 is 0.571 bits per heavy atom. The fourth-order valence-corrected chi connectivity index (χ4v) is 4.33. The van der Waals surface area contributed by atoms with Gasteiger partial charge in [-0.05, 0) is 12.8 Å². The number of hydrogen-bond acceptors (Lipinski definition) is 3. The third kappa shape index (κ3) is 19.2. The molecule has 0 aromatic carbocycles. The Labute approximate surface area is 176 Å². The van der Waals surface area contributed by atoms with Gasteiger partial charge >= 0.3 is 0 Å². The third-order valence-electron chi connectivity index (χ3n) is 5.80. The first kappa shape index (κ1) is 27.8. The molecule has 0 saturated heterocycles. The second kappa shape index (κ2) is 14.8. The Kier molecular flexibility index (Phi) is 14.7. The zero-order chi connectivity index (χ0) is 21.5. The molecule has 0 rings (SSSR count). The second-order valence-electron chi connectivity index (χ2n) is 9.92. The van der Waals surface area contributed by atoms with Gasteiger partial charge in [-0.3, -0.25) is 0 Å². The van der Waals surface area contributed by atoms with Crippen LogP contribution in [0.2, 0.25) is 0 Å². The highest BCUT2D eigenvalue weighted by molar-refractivity contribution is 7.85. The first-order valence-corrected chi connectivity index (χ1v) is 13.1. The minimum absolute atomic E-state index is 0.241. The molecule has 0 unspecified atom stereocenters. The minimum atomic E-state index is -4.08. The molecule has 0 aromatic heterocycles. The van der Waals surface area contributed by atoms with Crippen LogP contribution >= 0.6 is 0 Å². The molecule has 6 heteroatoms. The van der Waals surface area contributed by atoms with Gasteiger partial charge in [-0.1, -0.05) is 58.3 Å². The lowest BCUT2D eigenvalue weighted by atomic mass is 10.1. The Balaban J connectivity index is 3.73. The summed E-state index contributed by atoms with van der Waals surface area (Å²) in [6, 6.07) is 0. The smallest absolute Gasteiger partial charge is 0.0948 e. The summed E-state index contributed by atoms with van der Waals surface area (Å²) in [7, 11) is 4.81. The van der Waals surface area contributed by atoms with Crippen LogP contribution in [0.3, 0.4) is 0 Å². The molecule has 5 nitrogen and oxygen atoms in total. The average Bonchev–Trinajstić information content (AvgIpc) is 2.54. The standard InChI is InChI=1S/C22H49N2O3S/c1-6-7-8-9-10-11-12-13-14-15-18-23(2,3)19-16-20-24(4,5)21-17-22-28(25,26)27/h6-22H2,1-5H3/q+1. The molecule has 0 aliphatic rings. The van der Waals surface area contributed by atoms with Crippen molar-refractivity contribution in [2.75, 3.05) is 60.1 Å². The summed E-state index contributed by atoms with van der Waals surface area (Å²) in [6.07, 6.45) is 15.4. The van der Waals surface area contributed by atoms with Crippen LogP contribution in [-0.4, -0.2) is 82.1 Å². The largest absolute Gasteiger partial charge is 0.748 e. The zero-order valence-corrected chi connectivity index (χ0v) is 20.4.